The molecular formula is C21H15N5O. The molecule has 1 aliphatic rings. The van der Waals surface area contributed by atoms with E-state index in [0.717, 1.165) is 6.42 Å². The second kappa shape index (κ2) is 6.17. The van der Waals surface area contributed by atoms with Crippen LogP contribution >= 0.6 is 0 Å². The topological polar surface area (TPSA) is 72.7 Å². The van der Waals surface area contributed by atoms with Gasteiger partial charge in [-0.1, -0.05) is 30.3 Å². The molecule has 0 fully saturated rings. The molecule has 6 heteroatoms. The first-order valence-electron chi connectivity index (χ1n) is 8.61. The molecule has 1 N–H and O–H groups in total. The number of pyridine rings is 1. The summed E-state index contributed by atoms with van der Waals surface area (Å²) in [5.74, 6) is 0.491. The van der Waals surface area contributed by atoms with E-state index in [0.29, 0.717) is 17.1 Å². The number of carbonyl (C=O) groups excluding carboxylic acids is 1. The molecule has 0 saturated heterocycles. The van der Waals surface area contributed by atoms with Gasteiger partial charge in [-0.3, -0.25) is 4.79 Å². The number of rotatable bonds is 3. The number of nitrogens with zero attached hydrogens (tertiary/aromatic N) is 4. The highest BCUT2D eigenvalue weighted by molar-refractivity contribution is 6.04. The number of carbonyl (C=O) groups is 1. The zero-order valence-electron chi connectivity index (χ0n) is 14.3. The molecule has 0 bridgehead atoms. The van der Waals surface area contributed by atoms with Crippen LogP contribution in [0.25, 0.3) is 16.9 Å². The Balaban J connectivity index is 1.35. The Labute approximate surface area is 155 Å². The number of amides is 1. The van der Waals surface area contributed by atoms with Crippen molar-refractivity contribution in [1.82, 2.24) is 19.7 Å². The summed E-state index contributed by atoms with van der Waals surface area (Å²) in [6, 6.07) is 17.8. The lowest BCUT2D eigenvalue weighted by Gasteiger charge is -2.08. The summed E-state index contributed by atoms with van der Waals surface area (Å²) in [5, 5.41) is 6.93. The minimum atomic E-state index is -0.149. The van der Waals surface area contributed by atoms with Crippen LogP contribution < -0.4 is 5.32 Å². The highest BCUT2D eigenvalue weighted by Gasteiger charge is 2.19. The van der Waals surface area contributed by atoms with Gasteiger partial charge in [-0.25, -0.2) is 14.6 Å². The van der Waals surface area contributed by atoms with Gasteiger partial charge in [0.1, 0.15) is 12.7 Å². The molecule has 6 nitrogen and oxygen atoms in total. The Morgan fingerprint density at radius 1 is 1.00 bits per heavy atom. The first-order valence-corrected chi connectivity index (χ1v) is 8.61. The van der Waals surface area contributed by atoms with Crippen molar-refractivity contribution in [2.45, 2.75) is 6.42 Å². The summed E-state index contributed by atoms with van der Waals surface area (Å²) in [6.07, 6.45) is 5.49. The van der Waals surface area contributed by atoms with E-state index >= 15 is 0 Å². The molecule has 2 aromatic carbocycles. The number of fused-ring (bicyclic) bond motifs is 3. The molecule has 4 aromatic rings. The third-order valence-electron chi connectivity index (χ3n) is 4.72. The maximum absolute atomic E-state index is 12.6. The van der Waals surface area contributed by atoms with E-state index in [1.807, 2.05) is 30.3 Å². The Kier molecular flexibility index (Phi) is 3.53. The monoisotopic (exact) mass is 353 g/mol. The van der Waals surface area contributed by atoms with Crippen molar-refractivity contribution in [3.05, 3.63) is 90.1 Å². The van der Waals surface area contributed by atoms with Gasteiger partial charge in [0.15, 0.2) is 5.82 Å². The average Bonchev–Trinajstić information content (AvgIpc) is 3.36. The largest absolute Gasteiger partial charge is 0.321 e. The van der Waals surface area contributed by atoms with Crippen LogP contribution in [0.5, 0.6) is 0 Å². The molecule has 5 rings (SSSR count). The van der Waals surface area contributed by atoms with Crippen LogP contribution in [0.3, 0.4) is 0 Å². The minimum Gasteiger partial charge on any atom is -0.321 e. The van der Waals surface area contributed by atoms with Crippen molar-refractivity contribution >= 4 is 11.6 Å². The first kappa shape index (κ1) is 15.5. The number of nitrogens with one attached hydrogen (secondary N) is 1. The fourth-order valence-electron chi connectivity index (χ4n) is 3.41. The molecule has 2 aromatic heterocycles. The lowest BCUT2D eigenvalue weighted by Crippen LogP contribution is -2.12. The van der Waals surface area contributed by atoms with Crippen molar-refractivity contribution in [2.75, 3.05) is 5.32 Å². The van der Waals surface area contributed by atoms with Crippen molar-refractivity contribution in [1.29, 1.82) is 0 Å². The highest BCUT2D eigenvalue weighted by Crippen LogP contribution is 2.36. The molecular weight excluding hydrogens is 338 g/mol. The van der Waals surface area contributed by atoms with Crippen molar-refractivity contribution in [3.8, 4) is 16.9 Å². The lowest BCUT2D eigenvalue weighted by molar-refractivity contribution is 0.102. The van der Waals surface area contributed by atoms with Crippen LogP contribution in [0.2, 0.25) is 0 Å². The van der Waals surface area contributed by atoms with Crippen LogP contribution in [0.15, 0.2) is 73.4 Å². The lowest BCUT2D eigenvalue weighted by atomic mass is 10.0. The number of anilines is 1. The second-order valence-corrected chi connectivity index (χ2v) is 6.41. The van der Waals surface area contributed by atoms with Crippen LogP contribution in [-0.4, -0.2) is 25.7 Å². The fraction of sp³-hybridized carbons (Fsp3) is 0.0476. The van der Waals surface area contributed by atoms with Crippen LogP contribution in [-0.2, 0) is 6.42 Å². The van der Waals surface area contributed by atoms with Crippen LogP contribution in [0.1, 0.15) is 21.5 Å². The Morgan fingerprint density at radius 3 is 2.70 bits per heavy atom. The first-order chi connectivity index (χ1) is 13.3. The molecule has 0 unspecified atom stereocenters. The number of benzene rings is 2. The van der Waals surface area contributed by atoms with E-state index < -0.39 is 0 Å². The van der Waals surface area contributed by atoms with Gasteiger partial charge in [-0.2, -0.15) is 5.10 Å². The molecule has 27 heavy (non-hydrogen) atoms. The molecule has 130 valence electrons. The average molecular weight is 353 g/mol. The molecule has 0 spiro atoms. The molecule has 1 aliphatic carbocycles. The smallest absolute Gasteiger partial charge is 0.255 e. The number of aromatic nitrogens is 4. The minimum absolute atomic E-state index is 0.149. The maximum Gasteiger partial charge on any atom is 0.255 e. The second-order valence-electron chi connectivity index (χ2n) is 6.41. The molecule has 1 amide bonds. The molecule has 0 saturated carbocycles. The standard InChI is InChI=1S/C21H15N5O/c27-21(25-17-6-8-20(23-11-17)26-13-22-12-24-26)15-5-7-19-16(10-15)9-14-3-1-2-4-18(14)19/h1-8,10-13H,9H2,(H,25,27). The van der Waals surface area contributed by atoms with Crippen molar-refractivity contribution in [2.24, 2.45) is 0 Å². The summed E-state index contributed by atoms with van der Waals surface area (Å²) in [4.78, 5) is 20.8. The van der Waals surface area contributed by atoms with Crippen LogP contribution in [0, 0.1) is 0 Å². The predicted molar refractivity (Wildman–Crippen MR) is 102 cm³/mol. The molecule has 0 atom stereocenters. The summed E-state index contributed by atoms with van der Waals surface area (Å²) in [7, 11) is 0. The Hall–Kier alpha value is -3.80. The van der Waals surface area contributed by atoms with Crippen molar-refractivity contribution in [3.63, 3.8) is 0 Å². The predicted octanol–water partition coefficient (Wildman–Crippen LogP) is 3.49. The van der Waals surface area contributed by atoms with E-state index in [9.17, 15) is 4.79 Å². The number of hydrogen-bond acceptors (Lipinski definition) is 4. The summed E-state index contributed by atoms with van der Waals surface area (Å²) >= 11 is 0. The third kappa shape index (κ3) is 2.77. The van der Waals surface area contributed by atoms with E-state index in [1.54, 1.807) is 29.3 Å². The van der Waals surface area contributed by atoms with Gasteiger partial charge in [0.2, 0.25) is 0 Å². The summed E-state index contributed by atoms with van der Waals surface area (Å²) < 4.78 is 1.56. The van der Waals surface area contributed by atoms with Gasteiger partial charge < -0.3 is 5.32 Å². The van der Waals surface area contributed by atoms with Crippen molar-refractivity contribution < 1.29 is 4.79 Å². The van der Waals surface area contributed by atoms with Gasteiger partial charge in [0, 0.05) is 5.56 Å². The number of hydrogen-bond donors (Lipinski definition) is 1. The summed E-state index contributed by atoms with van der Waals surface area (Å²) in [5.41, 5.74) is 6.23. The quantitative estimate of drug-likeness (QED) is 0.539. The molecule has 2 heterocycles. The summed E-state index contributed by atoms with van der Waals surface area (Å²) in [6.45, 7) is 0. The molecule has 0 aliphatic heterocycles. The van der Waals surface area contributed by atoms with Crippen LogP contribution in [0.4, 0.5) is 5.69 Å². The maximum atomic E-state index is 12.6. The third-order valence-corrected chi connectivity index (χ3v) is 4.72. The fourth-order valence-corrected chi connectivity index (χ4v) is 3.41. The van der Waals surface area contributed by atoms with Gasteiger partial charge in [-0.05, 0) is 52.9 Å². The van der Waals surface area contributed by atoms with Gasteiger partial charge in [0.05, 0.1) is 11.9 Å². The van der Waals surface area contributed by atoms with Gasteiger partial charge in [-0.15, -0.1) is 0 Å². The normalized spacial score (nSPS) is 11.7. The highest BCUT2D eigenvalue weighted by atomic mass is 16.1. The zero-order chi connectivity index (χ0) is 18.2. The zero-order valence-corrected chi connectivity index (χ0v) is 14.3. The SMILES string of the molecule is O=C(Nc1ccc(-n2cncn2)nc1)c1ccc2c(c1)Cc1ccccc1-2. The van der Waals surface area contributed by atoms with E-state index in [4.69, 9.17) is 0 Å². The molecule has 0 radical (unpaired) electrons. The van der Waals surface area contributed by atoms with E-state index in [2.05, 4.69) is 32.5 Å². The Morgan fingerprint density at radius 2 is 1.89 bits per heavy atom. The van der Waals surface area contributed by atoms with Gasteiger partial charge >= 0.3 is 0 Å². The van der Waals surface area contributed by atoms with E-state index in [1.165, 1.54) is 28.6 Å². The van der Waals surface area contributed by atoms with Gasteiger partial charge in [0.25, 0.3) is 5.91 Å². The van der Waals surface area contributed by atoms with E-state index in [-0.39, 0.29) is 5.91 Å². The Bertz CT molecular complexity index is 1130.